The maximum Gasteiger partial charge on any atom is 0.123 e. The van der Waals surface area contributed by atoms with Crippen molar-refractivity contribution in [1.29, 1.82) is 0 Å². The van der Waals surface area contributed by atoms with Crippen LogP contribution in [0.15, 0.2) is 42.7 Å². The minimum atomic E-state index is -0.201. The third-order valence-electron chi connectivity index (χ3n) is 4.81. The van der Waals surface area contributed by atoms with E-state index in [0.717, 1.165) is 41.9 Å². The van der Waals surface area contributed by atoms with Gasteiger partial charge in [-0.3, -0.25) is 4.98 Å². The summed E-state index contributed by atoms with van der Waals surface area (Å²) < 4.78 is 15.4. The molecule has 0 atom stereocenters. The fourth-order valence-corrected chi connectivity index (χ4v) is 3.48. The lowest BCUT2D eigenvalue weighted by Gasteiger charge is -2.22. The highest BCUT2D eigenvalue weighted by Gasteiger charge is 2.18. The molecule has 1 N–H and O–H groups in total. The first-order valence-corrected chi connectivity index (χ1v) is 8.54. The van der Waals surface area contributed by atoms with Crippen LogP contribution in [0.1, 0.15) is 24.2 Å². The average molecular weight is 324 g/mol. The van der Waals surface area contributed by atoms with Crippen molar-refractivity contribution in [2.75, 3.05) is 13.1 Å². The van der Waals surface area contributed by atoms with E-state index in [1.54, 1.807) is 6.20 Å². The van der Waals surface area contributed by atoms with E-state index < -0.39 is 0 Å². The lowest BCUT2D eigenvalue weighted by molar-refractivity contribution is 0.364. The number of nitrogens with zero attached hydrogens (tertiary/aromatic N) is 3. The molecule has 1 saturated heterocycles. The van der Waals surface area contributed by atoms with E-state index in [1.807, 2.05) is 24.4 Å². The summed E-state index contributed by atoms with van der Waals surface area (Å²) in [5, 5.41) is 3.41. The number of hydrogen-bond donors (Lipinski definition) is 1. The van der Waals surface area contributed by atoms with Crippen LogP contribution in [0.3, 0.4) is 0 Å². The van der Waals surface area contributed by atoms with E-state index in [9.17, 15) is 4.39 Å². The van der Waals surface area contributed by atoms with E-state index in [2.05, 4.69) is 14.9 Å². The predicted molar refractivity (Wildman–Crippen MR) is 92.3 cm³/mol. The van der Waals surface area contributed by atoms with Crippen LogP contribution in [0.5, 0.6) is 0 Å². The van der Waals surface area contributed by atoms with Crippen molar-refractivity contribution in [2.45, 2.75) is 25.8 Å². The van der Waals surface area contributed by atoms with Gasteiger partial charge in [0.25, 0.3) is 0 Å². The Morgan fingerprint density at radius 2 is 1.92 bits per heavy atom. The normalized spacial score (nSPS) is 15.9. The highest BCUT2D eigenvalue weighted by molar-refractivity contribution is 5.74. The molecular formula is C19H21FN4. The van der Waals surface area contributed by atoms with Crippen molar-refractivity contribution < 1.29 is 4.39 Å². The number of imidazole rings is 1. The third-order valence-corrected chi connectivity index (χ3v) is 4.81. The third kappa shape index (κ3) is 3.17. The first-order valence-electron chi connectivity index (χ1n) is 8.54. The first kappa shape index (κ1) is 15.3. The number of rotatable bonds is 4. The highest BCUT2D eigenvalue weighted by atomic mass is 19.1. The molecule has 124 valence electrons. The zero-order valence-electron chi connectivity index (χ0n) is 13.6. The Hall–Kier alpha value is -2.27. The maximum absolute atomic E-state index is 13.2. The number of halogens is 1. The predicted octanol–water partition coefficient (Wildman–Crippen LogP) is 3.16. The van der Waals surface area contributed by atoms with Gasteiger partial charge in [-0.1, -0.05) is 12.1 Å². The second-order valence-corrected chi connectivity index (χ2v) is 6.50. The second kappa shape index (κ2) is 6.69. The molecule has 0 aliphatic carbocycles. The zero-order valence-corrected chi connectivity index (χ0v) is 13.6. The van der Waals surface area contributed by atoms with Crippen molar-refractivity contribution in [3.8, 4) is 0 Å². The Morgan fingerprint density at radius 3 is 2.71 bits per heavy atom. The van der Waals surface area contributed by atoms with Crippen LogP contribution in [0.25, 0.3) is 11.0 Å². The molecule has 4 nitrogen and oxygen atoms in total. The molecular weight excluding hydrogens is 303 g/mol. The van der Waals surface area contributed by atoms with E-state index in [4.69, 9.17) is 4.98 Å². The number of benzene rings is 1. The van der Waals surface area contributed by atoms with Crippen molar-refractivity contribution in [2.24, 2.45) is 5.92 Å². The van der Waals surface area contributed by atoms with Gasteiger partial charge < -0.3 is 9.88 Å². The molecule has 5 heteroatoms. The highest BCUT2D eigenvalue weighted by Crippen LogP contribution is 2.23. The molecule has 0 radical (unpaired) electrons. The van der Waals surface area contributed by atoms with Crippen LogP contribution in [-0.4, -0.2) is 27.6 Å². The molecule has 2 aromatic heterocycles. The molecule has 3 aromatic rings. The van der Waals surface area contributed by atoms with Gasteiger partial charge in [-0.25, -0.2) is 9.37 Å². The molecule has 1 fully saturated rings. The molecule has 0 unspecified atom stereocenters. The van der Waals surface area contributed by atoms with Crippen LogP contribution < -0.4 is 5.32 Å². The molecule has 1 aliphatic heterocycles. The van der Waals surface area contributed by atoms with Gasteiger partial charge in [0.1, 0.15) is 17.2 Å². The average Bonchev–Trinajstić information content (AvgIpc) is 2.95. The fourth-order valence-electron chi connectivity index (χ4n) is 3.48. The summed E-state index contributed by atoms with van der Waals surface area (Å²) in [6.07, 6.45) is 7.00. The molecule has 1 aliphatic rings. The monoisotopic (exact) mass is 324 g/mol. The van der Waals surface area contributed by atoms with Gasteiger partial charge in [0.15, 0.2) is 0 Å². The molecule has 24 heavy (non-hydrogen) atoms. The van der Waals surface area contributed by atoms with Crippen LogP contribution in [0.2, 0.25) is 0 Å². The Labute approximate surface area is 140 Å². The summed E-state index contributed by atoms with van der Waals surface area (Å²) in [4.78, 5) is 9.02. The Balaban J connectivity index is 1.68. The standard InChI is InChI=1S/C19H21FN4/c20-16-3-1-15(2-4-16)13-24-18-7-10-22-12-17(18)23-19(24)11-14-5-8-21-9-6-14/h1-4,7,10,12,14,21H,5-6,8-9,11,13H2. The van der Waals surface area contributed by atoms with Gasteiger partial charge in [-0.2, -0.15) is 0 Å². The van der Waals surface area contributed by atoms with Crippen molar-refractivity contribution in [1.82, 2.24) is 19.9 Å². The Bertz CT molecular complexity index is 819. The van der Waals surface area contributed by atoms with Crippen LogP contribution in [-0.2, 0) is 13.0 Å². The van der Waals surface area contributed by atoms with Gasteiger partial charge in [0, 0.05) is 19.2 Å². The summed E-state index contributed by atoms with van der Waals surface area (Å²) in [5.74, 6) is 1.57. The number of nitrogens with one attached hydrogen (secondary N) is 1. The number of fused-ring (bicyclic) bond motifs is 1. The quantitative estimate of drug-likeness (QED) is 0.801. The molecule has 1 aromatic carbocycles. The fraction of sp³-hybridized carbons (Fsp3) is 0.368. The van der Waals surface area contributed by atoms with Crippen LogP contribution in [0, 0.1) is 11.7 Å². The first-order chi connectivity index (χ1) is 11.8. The Morgan fingerprint density at radius 1 is 1.12 bits per heavy atom. The van der Waals surface area contributed by atoms with Crippen molar-refractivity contribution in [3.05, 3.63) is 59.9 Å². The molecule has 4 rings (SSSR count). The largest absolute Gasteiger partial charge is 0.323 e. The zero-order chi connectivity index (χ0) is 16.4. The molecule has 0 saturated carbocycles. The van der Waals surface area contributed by atoms with Gasteiger partial charge in [-0.15, -0.1) is 0 Å². The van der Waals surface area contributed by atoms with E-state index in [0.29, 0.717) is 12.5 Å². The van der Waals surface area contributed by atoms with E-state index >= 15 is 0 Å². The van der Waals surface area contributed by atoms with Crippen molar-refractivity contribution >= 4 is 11.0 Å². The summed E-state index contributed by atoms with van der Waals surface area (Å²) in [6.45, 7) is 2.88. The maximum atomic E-state index is 13.2. The molecule has 0 spiro atoms. The van der Waals surface area contributed by atoms with Gasteiger partial charge in [-0.05, 0) is 55.6 Å². The lowest BCUT2D eigenvalue weighted by atomic mass is 9.94. The van der Waals surface area contributed by atoms with Crippen LogP contribution >= 0.6 is 0 Å². The topological polar surface area (TPSA) is 42.7 Å². The lowest BCUT2D eigenvalue weighted by Crippen LogP contribution is -2.29. The second-order valence-electron chi connectivity index (χ2n) is 6.50. The minimum absolute atomic E-state index is 0.201. The summed E-state index contributed by atoms with van der Waals surface area (Å²) >= 11 is 0. The van der Waals surface area contributed by atoms with Gasteiger partial charge >= 0.3 is 0 Å². The number of pyridine rings is 1. The summed E-state index contributed by atoms with van der Waals surface area (Å²) in [6, 6.07) is 8.73. The van der Waals surface area contributed by atoms with Gasteiger partial charge in [0.2, 0.25) is 0 Å². The van der Waals surface area contributed by atoms with Gasteiger partial charge in [0.05, 0.1) is 11.7 Å². The van der Waals surface area contributed by atoms with E-state index in [-0.39, 0.29) is 5.82 Å². The molecule has 0 bridgehead atoms. The smallest absolute Gasteiger partial charge is 0.123 e. The SMILES string of the molecule is Fc1ccc(Cn2c(CC3CCNCC3)nc3cnccc32)cc1. The van der Waals surface area contributed by atoms with E-state index in [1.165, 1.54) is 25.0 Å². The molecule has 0 amide bonds. The summed E-state index contributed by atoms with van der Waals surface area (Å²) in [5.41, 5.74) is 3.11. The number of piperidine rings is 1. The van der Waals surface area contributed by atoms with Crippen LogP contribution in [0.4, 0.5) is 4.39 Å². The summed E-state index contributed by atoms with van der Waals surface area (Å²) in [7, 11) is 0. The Kier molecular flexibility index (Phi) is 4.26. The van der Waals surface area contributed by atoms with Crippen molar-refractivity contribution in [3.63, 3.8) is 0 Å². The number of hydrogen-bond acceptors (Lipinski definition) is 3. The molecule has 3 heterocycles. The number of aromatic nitrogens is 3. The minimum Gasteiger partial charge on any atom is -0.323 e.